The number of benzene rings is 1. The number of nitrogens with zero attached hydrogens (tertiary/aromatic N) is 2. The van der Waals surface area contributed by atoms with Crippen molar-refractivity contribution in [2.45, 2.75) is 25.0 Å². The van der Waals surface area contributed by atoms with E-state index in [0.29, 0.717) is 24.7 Å². The predicted octanol–water partition coefficient (Wildman–Crippen LogP) is 1.08. The summed E-state index contributed by atoms with van der Waals surface area (Å²) in [7, 11) is 0. The van der Waals surface area contributed by atoms with Gasteiger partial charge in [0, 0.05) is 31.3 Å². The maximum atomic E-state index is 10.7. The van der Waals surface area contributed by atoms with Crippen LogP contribution < -0.4 is 0 Å². The van der Waals surface area contributed by atoms with Crippen LogP contribution in [0.2, 0.25) is 0 Å². The van der Waals surface area contributed by atoms with Gasteiger partial charge >= 0.3 is 0 Å². The van der Waals surface area contributed by atoms with E-state index in [-0.39, 0.29) is 12.3 Å². The molecule has 6 heteroatoms. The molecule has 1 aromatic rings. The number of aliphatic hydroxyl groups excluding tert-OH is 2. The number of non-ortho nitro benzene ring substituents is 1. The Morgan fingerprint density at radius 3 is 2.79 bits per heavy atom. The summed E-state index contributed by atoms with van der Waals surface area (Å²) >= 11 is 0. The van der Waals surface area contributed by atoms with Crippen LogP contribution in [0.4, 0.5) is 5.69 Å². The molecule has 104 valence electrons. The molecule has 0 radical (unpaired) electrons. The fraction of sp³-hybridized carbons (Fsp3) is 0.538. The van der Waals surface area contributed by atoms with E-state index >= 15 is 0 Å². The van der Waals surface area contributed by atoms with Gasteiger partial charge in [-0.15, -0.1) is 0 Å². The average molecular weight is 266 g/mol. The Labute approximate surface area is 111 Å². The van der Waals surface area contributed by atoms with Crippen molar-refractivity contribution in [3.63, 3.8) is 0 Å². The largest absolute Gasteiger partial charge is 0.395 e. The molecule has 0 aromatic heterocycles. The second kappa shape index (κ2) is 6.10. The van der Waals surface area contributed by atoms with Gasteiger partial charge in [-0.25, -0.2) is 0 Å². The monoisotopic (exact) mass is 266 g/mol. The Balaban J connectivity index is 2.03. The van der Waals surface area contributed by atoms with Gasteiger partial charge in [0.2, 0.25) is 0 Å². The first-order valence-electron chi connectivity index (χ1n) is 6.39. The van der Waals surface area contributed by atoms with Crippen molar-refractivity contribution in [2.24, 2.45) is 0 Å². The molecule has 0 spiro atoms. The van der Waals surface area contributed by atoms with Crippen molar-refractivity contribution in [1.82, 2.24) is 4.90 Å². The normalized spacial score (nSPS) is 16.6. The zero-order valence-corrected chi connectivity index (χ0v) is 10.6. The lowest BCUT2D eigenvalue weighted by molar-refractivity contribution is -0.385. The van der Waals surface area contributed by atoms with Gasteiger partial charge < -0.3 is 10.2 Å². The summed E-state index contributed by atoms with van der Waals surface area (Å²) in [6.07, 6.45) is 1.40. The first kappa shape index (κ1) is 13.9. The Bertz CT molecular complexity index is 448. The lowest BCUT2D eigenvalue weighted by atomic mass is 10.1. The standard InChI is InChI=1S/C13H18N2O4/c16-7-6-14(11-4-5-11)9-13(17)10-2-1-3-12(8-10)15(18)19/h1-3,8,11,13,16-17H,4-7,9H2. The number of nitro benzene ring substituents is 1. The lowest BCUT2D eigenvalue weighted by Gasteiger charge is -2.24. The van der Waals surface area contributed by atoms with Crippen LogP contribution in [0.15, 0.2) is 24.3 Å². The molecule has 1 atom stereocenters. The summed E-state index contributed by atoms with van der Waals surface area (Å²) in [5.74, 6) is 0. The SMILES string of the molecule is O=[N+]([O-])c1cccc(C(O)CN(CCO)C2CC2)c1. The molecule has 0 aliphatic heterocycles. The Morgan fingerprint density at radius 1 is 1.47 bits per heavy atom. The van der Waals surface area contributed by atoms with E-state index in [0.717, 1.165) is 12.8 Å². The first-order chi connectivity index (χ1) is 9.11. The summed E-state index contributed by atoms with van der Waals surface area (Å²) in [6, 6.07) is 6.49. The summed E-state index contributed by atoms with van der Waals surface area (Å²) in [5.41, 5.74) is 0.523. The van der Waals surface area contributed by atoms with Gasteiger partial charge in [-0.2, -0.15) is 0 Å². The van der Waals surface area contributed by atoms with Gasteiger partial charge in [0.25, 0.3) is 5.69 Å². The zero-order chi connectivity index (χ0) is 13.8. The van der Waals surface area contributed by atoms with Crippen LogP contribution >= 0.6 is 0 Å². The molecular weight excluding hydrogens is 248 g/mol. The van der Waals surface area contributed by atoms with Crippen LogP contribution in [0.1, 0.15) is 24.5 Å². The molecule has 1 fully saturated rings. The van der Waals surface area contributed by atoms with Gasteiger partial charge in [0.05, 0.1) is 17.6 Å². The van der Waals surface area contributed by atoms with E-state index in [2.05, 4.69) is 0 Å². The fourth-order valence-electron chi connectivity index (χ4n) is 2.16. The molecule has 1 unspecified atom stereocenters. The van der Waals surface area contributed by atoms with Crippen LogP contribution in [-0.2, 0) is 0 Å². The predicted molar refractivity (Wildman–Crippen MR) is 69.7 cm³/mol. The van der Waals surface area contributed by atoms with Gasteiger partial charge in [-0.1, -0.05) is 12.1 Å². The average Bonchev–Trinajstić information content (AvgIpc) is 3.22. The molecule has 1 saturated carbocycles. The third kappa shape index (κ3) is 3.73. The smallest absolute Gasteiger partial charge is 0.269 e. The lowest BCUT2D eigenvalue weighted by Crippen LogP contribution is -2.33. The van der Waals surface area contributed by atoms with Crippen molar-refractivity contribution >= 4 is 5.69 Å². The summed E-state index contributed by atoms with van der Waals surface area (Å²) in [5, 5.41) is 29.9. The minimum absolute atomic E-state index is 0.0170. The molecule has 0 bridgehead atoms. The van der Waals surface area contributed by atoms with Crippen molar-refractivity contribution < 1.29 is 15.1 Å². The van der Waals surface area contributed by atoms with Gasteiger partial charge in [0.15, 0.2) is 0 Å². The van der Waals surface area contributed by atoms with E-state index < -0.39 is 11.0 Å². The topological polar surface area (TPSA) is 86.8 Å². The van der Waals surface area contributed by atoms with Crippen molar-refractivity contribution in [1.29, 1.82) is 0 Å². The molecule has 0 heterocycles. The summed E-state index contributed by atoms with van der Waals surface area (Å²) in [6.45, 7) is 0.973. The highest BCUT2D eigenvalue weighted by molar-refractivity contribution is 5.35. The number of aliphatic hydroxyl groups is 2. The van der Waals surface area contributed by atoms with Crippen LogP contribution in [0.5, 0.6) is 0 Å². The van der Waals surface area contributed by atoms with E-state index in [9.17, 15) is 15.2 Å². The van der Waals surface area contributed by atoms with Gasteiger partial charge in [-0.05, 0) is 18.4 Å². The second-order valence-corrected chi connectivity index (χ2v) is 4.82. The minimum Gasteiger partial charge on any atom is -0.395 e. The highest BCUT2D eigenvalue weighted by atomic mass is 16.6. The molecule has 6 nitrogen and oxygen atoms in total. The van der Waals surface area contributed by atoms with Crippen LogP contribution in [0.25, 0.3) is 0 Å². The Hall–Kier alpha value is -1.50. The van der Waals surface area contributed by atoms with Gasteiger partial charge in [0.1, 0.15) is 0 Å². The fourth-order valence-corrected chi connectivity index (χ4v) is 2.16. The van der Waals surface area contributed by atoms with Crippen molar-refractivity contribution in [3.05, 3.63) is 39.9 Å². The summed E-state index contributed by atoms with van der Waals surface area (Å²) < 4.78 is 0. The van der Waals surface area contributed by atoms with Crippen molar-refractivity contribution in [3.8, 4) is 0 Å². The Kier molecular flexibility index (Phi) is 4.47. The molecule has 1 aliphatic carbocycles. The number of nitro groups is 1. The minimum atomic E-state index is -0.771. The van der Waals surface area contributed by atoms with E-state index in [1.807, 2.05) is 4.90 Å². The third-order valence-corrected chi connectivity index (χ3v) is 3.32. The van der Waals surface area contributed by atoms with E-state index in [1.54, 1.807) is 12.1 Å². The highest BCUT2D eigenvalue weighted by Crippen LogP contribution is 2.29. The first-order valence-corrected chi connectivity index (χ1v) is 6.39. The quantitative estimate of drug-likeness (QED) is 0.569. The zero-order valence-electron chi connectivity index (χ0n) is 10.6. The molecule has 2 N–H and O–H groups in total. The number of hydrogen-bond acceptors (Lipinski definition) is 5. The third-order valence-electron chi connectivity index (χ3n) is 3.32. The molecule has 2 rings (SSSR count). The maximum Gasteiger partial charge on any atom is 0.269 e. The second-order valence-electron chi connectivity index (χ2n) is 4.82. The maximum absolute atomic E-state index is 10.7. The van der Waals surface area contributed by atoms with E-state index in [4.69, 9.17) is 5.11 Å². The summed E-state index contributed by atoms with van der Waals surface area (Å²) in [4.78, 5) is 12.3. The number of rotatable bonds is 7. The molecule has 1 aliphatic rings. The van der Waals surface area contributed by atoms with Crippen LogP contribution in [0.3, 0.4) is 0 Å². The van der Waals surface area contributed by atoms with Crippen LogP contribution in [-0.4, -0.2) is 45.8 Å². The molecule has 19 heavy (non-hydrogen) atoms. The Morgan fingerprint density at radius 2 is 2.21 bits per heavy atom. The van der Waals surface area contributed by atoms with Gasteiger partial charge in [-0.3, -0.25) is 15.0 Å². The molecule has 1 aromatic carbocycles. The molecular formula is C13H18N2O4. The number of hydrogen-bond donors (Lipinski definition) is 2. The highest BCUT2D eigenvalue weighted by Gasteiger charge is 2.30. The molecule has 0 saturated heterocycles. The van der Waals surface area contributed by atoms with Crippen LogP contribution in [0, 0.1) is 10.1 Å². The van der Waals surface area contributed by atoms with E-state index in [1.165, 1.54) is 12.1 Å². The molecule has 0 amide bonds. The van der Waals surface area contributed by atoms with Crippen molar-refractivity contribution in [2.75, 3.05) is 19.7 Å².